The van der Waals surface area contributed by atoms with E-state index in [2.05, 4.69) is 6.92 Å². The first kappa shape index (κ1) is 15.2. The second-order valence-corrected chi connectivity index (χ2v) is 8.99. The van der Waals surface area contributed by atoms with Crippen molar-refractivity contribution in [2.75, 3.05) is 13.7 Å². The summed E-state index contributed by atoms with van der Waals surface area (Å²) < 4.78 is 5.55. The molecule has 0 bridgehead atoms. The number of hydrogen-bond acceptors (Lipinski definition) is 2. The summed E-state index contributed by atoms with van der Waals surface area (Å²) >= 11 is 0. The lowest BCUT2D eigenvalue weighted by Gasteiger charge is -2.59. The summed E-state index contributed by atoms with van der Waals surface area (Å²) in [5, 5.41) is 0. The van der Waals surface area contributed by atoms with Crippen molar-refractivity contribution in [1.29, 1.82) is 0 Å². The van der Waals surface area contributed by atoms with E-state index in [1.54, 1.807) is 7.11 Å². The number of ketones is 1. The molecule has 0 N–H and O–H groups in total. The Bertz CT molecular complexity index is 459. The van der Waals surface area contributed by atoms with Crippen molar-refractivity contribution in [2.45, 2.75) is 71.1 Å². The van der Waals surface area contributed by atoms with Crippen molar-refractivity contribution in [3.05, 3.63) is 0 Å². The van der Waals surface area contributed by atoms with Gasteiger partial charge in [-0.05, 0) is 74.0 Å². The smallest absolute Gasteiger partial charge is 0.141 e. The quantitative estimate of drug-likeness (QED) is 0.744. The fraction of sp³-hybridized carbons (Fsp3) is 0.950. The second kappa shape index (κ2) is 5.33. The Labute approximate surface area is 135 Å². The summed E-state index contributed by atoms with van der Waals surface area (Å²) in [5.41, 5.74) is 0.472. The van der Waals surface area contributed by atoms with Crippen molar-refractivity contribution in [1.82, 2.24) is 0 Å². The Morgan fingerprint density at radius 1 is 1.05 bits per heavy atom. The number of hydrogen-bond donors (Lipinski definition) is 0. The molecular weight excluding hydrogens is 272 g/mol. The molecular formula is C20H32O2. The molecule has 4 aliphatic carbocycles. The lowest BCUT2D eigenvalue weighted by molar-refractivity contribution is -0.148. The lowest BCUT2D eigenvalue weighted by Crippen LogP contribution is -2.54. The summed E-state index contributed by atoms with van der Waals surface area (Å²) in [7, 11) is 1.78. The van der Waals surface area contributed by atoms with Crippen LogP contribution in [0.5, 0.6) is 0 Å². The minimum absolute atomic E-state index is 0.103. The molecule has 4 aliphatic rings. The van der Waals surface area contributed by atoms with Crippen LogP contribution in [0.1, 0.15) is 71.1 Å². The number of Topliss-reactive ketones (excluding diaryl/α,β-unsaturated/α-hetero) is 1. The maximum Gasteiger partial charge on any atom is 0.141 e. The number of fused-ring (bicyclic) bond motifs is 5. The Morgan fingerprint density at radius 2 is 1.91 bits per heavy atom. The number of ether oxygens (including phenoxy) is 1. The molecule has 2 nitrogen and oxygen atoms in total. The van der Waals surface area contributed by atoms with Crippen molar-refractivity contribution in [2.24, 2.45) is 34.5 Å². The van der Waals surface area contributed by atoms with E-state index in [0.717, 1.165) is 37.0 Å². The molecule has 0 spiro atoms. The van der Waals surface area contributed by atoms with E-state index in [-0.39, 0.29) is 5.41 Å². The van der Waals surface area contributed by atoms with Gasteiger partial charge in [0.2, 0.25) is 0 Å². The molecule has 0 aromatic carbocycles. The summed E-state index contributed by atoms with van der Waals surface area (Å²) in [4.78, 5) is 12.7. The summed E-state index contributed by atoms with van der Waals surface area (Å²) in [5.74, 6) is 3.80. The van der Waals surface area contributed by atoms with Crippen LogP contribution in [0.2, 0.25) is 0 Å². The Balaban J connectivity index is 1.65. The zero-order valence-electron chi connectivity index (χ0n) is 14.4. The van der Waals surface area contributed by atoms with Gasteiger partial charge in [0.25, 0.3) is 0 Å². The fourth-order valence-electron chi connectivity index (χ4n) is 7.40. The lowest BCUT2D eigenvalue weighted by atomic mass is 9.45. The molecule has 124 valence electrons. The van der Waals surface area contributed by atoms with Crippen molar-refractivity contribution in [3.63, 3.8) is 0 Å². The number of methoxy groups -OCH3 is 1. The molecule has 0 saturated heterocycles. The summed E-state index contributed by atoms with van der Waals surface area (Å²) in [6.07, 6.45) is 12.9. The maximum absolute atomic E-state index is 12.7. The normalized spacial score (nSPS) is 51.1. The van der Waals surface area contributed by atoms with Gasteiger partial charge in [-0.1, -0.05) is 19.8 Å². The van der Waals surface area contributed by atoms with Crippen LogP contribution in [0.25, 0.3) is 0 Å². The van der Waals surface area contributed by atoms with E-state index in [0.29, 0.717) is 23.7 Å². The molecule has 4 fully saturated rings. The predicted octanol–water partition coefficient (Wildman–Crippen LogP) is 4.61. The zero-order chi connectivity index (χ0) is 15.4. The number of rotatable bonds is 2. The first-order valence-corrected chi connectivity index (χ1v) is 9.64. The Morgan fingerprint density at radius 3 is 2.73 bits per heavy atom. The highest BCUT2D eigenvalue weighted by molar-refractivity contribution is 5.87. The third-order valence-electron chi connectivity index (χ3n) is 8.43. The molecule has 0 aromatic heterocycles. The molecule has 0 aromatic rings. The SMILES string of the molecule is COC[C@]12CC[C@H]3[C@@H](CCC4CCCC[C@@]43C)[C@@H]1CCC2=O. The van der Waals surface area contributed by atoms with Gasteiger partial charge in [-0.25, -0.2) is 0 Å². The van der Waals surface area contributed by atoms with Gasteiger partial charge in [0.05, 0.1) is 12.0 Å². The van der Waals surface area contributed by atoms with E-state index in [4.69, 9.17) is 4.74 Å². The monoisotopic (exact) mass is 304 g/mol. The molecule has 0 aliphatic heterocycles. The average Bonchev–Trinajstić information content (AvgIpc) is 2.84. The van der Waals surface area contributed by atoms with E-state index in [9.17, 15) is 4.79 Å². The fourth-order valence-corrected chi connectivity index (χ4v) is 7.40. The van der Waals surface area contributed by atoms with Gasteiger partial charge in [0, 0.05) is 13.5 Å². The van der Waals surface area contributed by atoms with Crippen LogP contribution in [0.4, 0.5) is 0 Å². The molecule has 1 unspecified atom stereocenters. The molecule has 22 heavy (non-hydrogen) atoms. The maximum atomic E-state index is 12.7. The highest BCUT2D eigenvalue weighted by atomic mass is 16.5. The summed E-state index contributed by atoms with van der Waals surface area (Å²) in [6, 6.07) is 0. The predicted molar refractivity (Wildman–Crippen MR) is 87.6 cm³/mol. The van der Waals surface area contributed by atoms with Gasteiger partial charge in [-0.3, -0.25) is 4.79 Å². The van der Waals surface area contributed by atoms with Crippen LogP contribution in [-0.4, -0.2) is 19.5 Å². The minimum Gasteiger partial charge on any atom is -0.384 e. The van der Waals surface area contributed by atoms with Crippen LogP contribution in [-0.2, 0) is 9.53 Å². The van der Waals surface area contributed by atoms with Crippen LogP contribution in [0, 0.1) is 34.5 Å². The van der Waals surface area contributed by atoms with Crippen LogP contribution >= 0.6 is 0 Å². The van der Waals surface area contributed by atoms with Crippen molar-refractivity contribution in [3.8, 4) is 0 Å². The van der Waals surface area contributed by atoms with E-state index in [1.165, 1.54) is 44.9 Å². The number of carbonyl (C=O) groups excluding carboxylic acids is 1. The van der Waals surface area contributed by atoms with Crippen LogP contribution in [0.3, 0.4) is 0 Å². The van der Waals surface area contributed by atoms with Gasteiger partial charge in [0.1, 0.15) is 5.78 Å². The van der Waals surface area contributed by atoms with Crippen molar-refractivity contribution < 1.29 is 9.53 Å². The highest BCUT2D eigenvalue weighted by Gasteiger charge is 2.61. The van der Waals surface area contributed by atoms with Gasteiger partial charge in [-0.15, -0.1) is 0 Å². The molecule has 0 heterocycles. The number of carbonyl (C=O) groups is 1. The topological polar surface area (TPSA) is 26.3 Å². The highest BCUT2D eigenvalue weighted by Crippen LogP contribution is 2.65. The van der Waals surface area contributed by atoms with E-state index in [1.807, 2.05) is 0 Å². The molecule has 6 atom stereocenters. The Hall–Kier alpha value is -0.370. The summed E-state index contributed by atoms with van der Waals surface area (Å²) in [6.45, 7) is 3.29. The van der Waals surface area contributed by atoms with Crippen molar-refractivity contribution >= 4 is 5.78 Å². The second-order valence-electron chi connectivity index (χ2n) is 8.99. The third kappa shape index (κ3) is 1.92. The molecule has 4 saturated carbocycles. The standard InChI is InChI=1S/C20H32O2/c1-19-11-4-3-5-14(19)6-7-15-16(19)10-12-20(13-22-2)17(15)8-9-18(20)21/h14-17H,3-13H2,1-2H3/t14?,15-,16+,17+,19+,20-/m1/s1. The zero-order valence-corrected chi connectivity index (χ0v) is 14.4. The van der Waals surface area contributed by atoms with E-state index < -0.39 is 0 Å². The first-order chi connectivity index (χ1) is 10.6. The Kier molecular flexibility index (Phi) is 3.67. The molecule has 2 heteroatoms. The average molecular weight is 304 g/mol. The van der Waals surface area contributed by atoms with Crippen LogP contribution < -0.4 is 0 Å². The first-order valence-electron chi connectivity index (χ1n) is 9.64. The third-order valence-corrected chi connectivity index (χ3v) is 8.43. The van der Waals surface area contributed by atoms with Crippen LogP contribution in [0.15, 0.2) is 0 Å². The minimum atomic E-state index is -0.103. The molecule has 4 rings (SSSR count). The van der Waals surface area contributed by atoms with E-state index >= 15 is 0 Å². The van der Waals surface area contributed by atoms with Gasteiger partial charge in [0.15, 0.2) is 0 Å². The van der Waals surface area contributed by atoms with Gasteiger partial charge >= 0.3 is 0 Å². The molecule has 0 amide bonds. The van der Waals surface area contributed by atoms with Gasteiger partial charge in [-0.2, -0.15) is 0 Å². The molecule has 0 radical (unpaired) electrons. The van der Waals surface area contributed by atoms with Gasteiger partial charge < -0.3 is 4.74 Å². The largest absolute Gasteiger partial charge is 0.384 e.